The Kier molecular flexibility index (Phi) is 5.77. The van der Waals surface area contributed by atoms with E-state index in [1.54, 1.807) is 55.9 Å². The van der Waals surface area contributed by atoms with Crippen LogP contribution in [-0.2, 0) is 22.3 Å². The van der Waals surface area contributed by atoms with Crippen LogP contribution < -0.4 is 0 Å². The normalized spacial score (nSPS) is 12.4. The Hall–Kier alpha value is -3.09. The van der Waals surface area contributed by atoms with Gasteiger partial charge in [0.1, 0.15) is 5.65 Å². The van der Waals surface area contributed by atoms with Gasteiger partial charge in [-0.1, -0.05) is 11.6 Å². The van der Waals surface area contributed by atoms with Crippen molar-refractivity contribution in [1.29, 1.82) is 0 Å². The molecule has 29 heavy (non-hydrogen) atoms. The van der Waals surface area contributed by atoms with E-state index < -0.39 is 17.7 Å². The van der Waals surface area contributed by atoms with Crippen molar-refractivity contribution in [3.8, 4) is 0 Å². The van der Waals surface area contributed by atoms with Crippen LogP contribution in [0.3, 0.4) is 0 Å². The monoisotopic (exact) mass is 402 g/mol. The number of benzene rings is 1. The molecule has 0 atom stereocenters. The molecule has 0 spiro atoms. The van der Waals surface area contributed by atoms with Gasteiger partial charge in [-0.3, -0.25) is 0 Å². The minimum atomic E-state index is -4.40. The van der Waals surface area contributed by atoms with E-state index >= 15 is 0 Å². The molecule has 0 aliphatic heterocycles. The maximum Gasteiger partial charge on any atom is 0.416 e. The van der Waals surface area contributed by atoms with Gasteiger partial charge in [-0.15, -0.1) is 0 Å². The summed E-state index contributed by atoms with van der Waals surface area (Å²) < 4.78 is 46.3. The van der Waals surface area contributed by atoms with Crippen molar-refractivity contribution < 1.29 is 22.7 Å². The van der Waals surface area contributed by atoms with Crippen LogP contribution in [0.15, 0.2) is 48.3 Å². The van der Waals surface area contributed by atoms with Gasteiger partial charge in [-0.25, -0.2) is 9.78 Å². The van der Waals surface area contributed by atoms with Gasteiger partial charge in [0.2, 0.25) is 0 Å². The molecule has 0 bridgehead atoms. The highest BCUT2D eigenvalue weighted by Crippen LogP contribution is 2.31. The summed E-state index contributed by atoms with van der Waals surface area (Å²) >= 11 is 0. The number of carbonyl (C=O) groups is 1. The fourth-order valence-electron chi connectivity index (χ4n) is 3.24. The number of halogens is 3. The highest BCUT2D eigenvalue weighted by Gasteiger charge is 2.30. The van der Waals surface area contributed by atoms with Crippen LogP contribution in [0.2, 0.25) is 0 Å². The third kappa shape index (κ3) is 4.67. The highest BCUT2D eigenvalue weighted by molar-refractivity contribution is 5.97. The Morgan fingerprint density at radius 2 is 2.03 bits per heavy atom. The third-order valence-electron chi connectivity index (χ3n) is 4.45. The van der Waals surface area contributed by atoms with Crippen molar-refractivity contribution >= 4 is 23.1 Å². The molecule has 152 valence electrons. The largest absolute Gasteiger partial charge is 0.463 e. The molecular weight excluding hydrogens is 381 g/mol. The van der Waals surface area contributed by atoms with Gasteiger partial charge < -0.3 is 9.30 Å². The lowest BCUT2D eigenvalue weighted by molar-refractivity contribution is -0.138. The van der Waals surface area contributed by atoms with Crippen LogP contribution in [0.4, 0.5) is 13.2 Å². The van der Waals surface area contributed by atoms with E-state index in [4.69, 9.17) is 4.74 Å². The van der Waals surface area contributed by atoms with Crippen LogP contribution in [-0.4, -0.2) is 22.1 Å². The lowest BCUT2D eigenvalue weighted by Crippen LogP contribution is -2.07. The van der Waals surface area contributed by atoms with Crippen molar-refractivity contribution in [3.63, 3.8) is 0 Å². The van der Waals surface area contributed by atoms with E-state index in [0.29, 0.717) is 22.3 Å². The number of rotatable bonds is 5. The van der Waals surface area contributed by atoms with Crippen molar-refractivity contribution in [2.45, 2.75) is 33.5 Å². The molecule has 0 radical (unpaired) electrons. The zero-order valence-electron chi connectivity index (χ0n) is 16.4. The number of nitrogens with zero attached hydrogens (tertiary/aromatic N) is 2. The minimum absolute atomic E-state index is 0.227. The second-order valence-corrected chi connectivity index (χ2v) is 6.84. The molecule has 2 aromatic heterocycles. The van der Waals surface area contributed by atoms with Crippen LogP contribution >= 0.6 is 0 Å². The topological polar surface area (TPSA) is 44.1 Å². The number of ether oxygens (including phenoxy) is 1. The molecule has 2 heterocycles. The first kappa shape index (κ1) is 20.6. The number of pyridine rings is 1. The summed E-state index contributed by atoms with van der Waals surface area (Å²) in [6.07, 6.45) is 0.718. The summed E-state index contributed by atoms with van der Waals surface area (Å²) in [4.78, 5) is 16.3. The number of hydrogen-bond acceptors (Lipinski definition) is 3. The zero-order valence-corrected chi connectivity index (χ0v) is 16.4. The standard InChI is InChI=1S/C22H21F3N2O2/c1-4-29-21(28)15(3)10-17-13-27(20-19(17)6-5-7-26-20)12-16-8-14(2)9-18(11-16)22(23,24)25/h5-11,13H,4,12H2,1-3H3/b15-10+. The number of carbonyl (C=O) groups excluding carboxylic acids is 1. The van der Waals surface area contributed by atoms with Crippen LogP contribution in [0.5, 0.6) is 0 Å². The number of alkyl halides is 3. The number of esters is 1. The van der Waals surface area contributed by atoms with Crippen LogP contribution in [0.25, 0.3) is 17.1 Å². The van der Waals surface area contributed by atoms with Gasteiger partial charge in [-0.05, 0) is 56.7 Å². The Morgan fingerprint density at radius 3 is 2.72 bits per heavy atom. The Bertz CT molecular complexity index is 1080. The van der Waals surface area contributed by atoms with E-state index in [1.165, 1.54) is 0 Å². The summed E-state index contributed by atoms with van der Waals surface area (Å²) in [5.74, 6) is -0.411. The van der Waals surface area contributed by atoms with Crippen LogP contribution in [0, 0.1) is 6.92 Å². The Morgan fingerprint density at radius 1 is 1.28 bits per heavy atom. The van der Waals surface area contributed by atoms with Crippen LogP contribution in [0.1, 0.15) is 36.1 Å². The van der Waals surface area contributed by atoms with Gasteiger partial charge >= 0.3 is 12.1 Å². The fourth-order valence-corrected chi connectivity index (χ4v) is 3.24. The summed E-state index contributed by atoms with van der Waals surface area (Å²) in [6, 6.07) is 7.65. The molecule has 0 aliphatic carbocycles. The molecule has 7 heteroatoms. The van der Waals surface area contributed by atoms with E-state index in [2.05, 4.69) is 4.98 Å². The molecule has 0 unspecified atom stereocenters. The van der Waals surface area contributed by atoms with Crippen molar-refractivity contribution in [1.82, 2.24) is 9.55 Å². The molecule has 0 saturated carbocycles. The average Bonchev–Trinajstić information content (AvgIpc) is 2.98. The zero-order chi connectivity index (χ0) is 21.2. The predicted molar refractivity (Wildman–Crippen MR) is 105 cm³/mol. The van der Waals surface area contributed by atoms with Gasteiger partial charge in [0.15, 0.2) is 0 Å². The van der Waals surface area contributed by atoms with E-state index in [1.807, 2.05) is 6.07 Å². The number of hydrogen-bond donors (Lipinski definition) is 0. The lowest BCUT2D eigenvalue weighted by Gasteiger charge is -2.11. The Labute approximate surface area is 166 Å². The maximum absolute atomic E-state index is 13.2. The number of aryl methyl sites for hydroxylation is 1. The van der Waals surface area contributed by atoms with Crippen molar-refractivity contribution in [2.24, 2.45) is 0 Å². The molecule has 0 saturated heterocycles. The first-order valence-electron chi connectivity index (χ1n) is 9.16. The molecule has 0 N–H and O–H groups in total. The highest BCUT2D eigenvalue weighted by atomic mass is 19.4. The van der Waals surface area contributed by atoms with E-state index in [0.717, 1.165) is 23.1 Å². The number of fused-ring (bicyclic) bond motifs is 1. The van der Waals surface area contributed by atoms with Gasteiger partial charge in [0, 0.05) is 35.5 Å². The predicted octanol–water partition coefficient (Wildman–Crippen LogP) is 5.38. The molecular formula is C22H21F3N2O2. The first-order chi connectivity index (χ1) is 13.7. The smallest absolute Gasteiger partial charge is 0.416 e. The fraction of sp³-hybridized carbons (Fsp3) is 0.273. The maximum atomic E-state index is 13.2. The molecule has 0 amide bonds. The summed E-state index contributed by atoms with van der Waals surface area (Å²) in [7, 11) is 0. The second kappa shape index (κ2) is 8.11. The molecule has 3 rings (SSSR count). The molecule has 3 aromatic rings. The van der Waals surface area contributed by atoms with Gasteiger partial charge in [0.25, 0.3) is 0 Å². The molecule has 0 aliphatic rings. The summed E-state index contributed by atoms with van der Waals surface area (Å²) in [5.41, 5.74) is 2.21. The molecule has 4 nitrogen and oxygen atoms in total. The minimum Gasteiger partial charge on any atom is -0.463 e. The van der Waals surface area contributed by atoms with E-state index in [-0.39, 0.29) is 13.2 Å². The van der Waals surface area contributed by atoms with Crippen molar-refractivity contribution in [3.05, 3.63) is 70.6 Å². The SMILES string of the molecule is CCOC(=O)/C(C)=C/c1cn(Cc2cc(C)cc(C(F)(F)F)c2)c2ncccc12. The third-order valence-corrected chi connectivity index (χ3v) is 4.45. The first-order valence-corrected chi connectivity index (χ1v) is 9.16. The average molecular weight is 402 g/mol. The second-order valence-electron chi connectivity index (χ2n) is 6.84. The Balaban J connectivity index is 2.03. The molecule has 0 fully saturated rings. The van der Waals surface area contributed by atoms with Crippen molar-refractivity contribution in [2.75, 3.05) is 6.61 Å². The number of aromatic nitrogens is 2. The summed E-state index contributed by atoms with van der Waals surface area (Å²) in [6.45, 7) is 5.54. The quantitative estimate of drug-likeness (QED) is 0.425. The van der Waals surface area contributed by atoms with Gasteiger partial charge in [-0.2, -0.15) is 13.2 Å². The molecule has 1 aromatic carbocycles. The van der Waals surface area contributed by atoms with Gasteiger partial charge in [0.05, 0.1) is 12.2 Å². The summed E-state index contributed by atoms with van der Waals surface area (Å²) in [5, 5.41) is 0.805. The lowest BCUT2D eigenvalue weighted by atomic mass is 10.1. The van der Waals surface area contributed by atoms with E-state index in [9.17, 15) is 18.0 Å².